The summed E-state index contributed by atoms with van der Waals surface area (Å²) >= 11 is 0. The van der Waals surface area contributed by atoms with Gasteiger partial charge in [0.1, 0.15) is 11.5 Å². The zero-order valence-corrected chi connectivity index (χ0v) is 11.6. The Hall–Kier alpha value is -2.81. The van der Waals surface area contributed by atoms with E-state index in [1.54, 1.807) is 23.0 Å². The lowest BCUT2D eigenvalue weighted by Crippen LogP contribution is -2.17. The summed E-state index contributed by atoms with van der Waals surface area (Å²) in [5, 5.41) is 0. The van der Waals surface area contributed by atoms with Crippen molar-refractivity contribution in [2.45, 2.75) is 12.9 Å². The Labute approximate surface area is 128 Å². The Bertz CT molecular complexity index is 832. The van der Waals surface area contributed by atoms with Crippen molar-refractivity contribution in [1.82, 2.24) is 14.4 Å². The third-order valence-corrected chi connectivity index (χ3v) is 2.86. The number of hydrogen-bond acceptors (Lipinski definition) is 5. The second kappa shape index (κ2) is 5.76. The van der Waals surface area contributed by atoms with Gasteiger partial charge in [-0.05, 0) is 12.1 Å². The second-order valence-electron chi connectivity index (χ2n) is 4.52. The minimum atomic E-state index is -4.77. The molecule has 0 saturated heterocycles. The van der Waals surface area contributed by atoms with Crippen LogP contribution in [0.1, 0.15) is 5.69 Å². The molecule has 0 spiro atoms. The SMILES string of the molecule is NCc1cn2ccnc2c(Oc2cccc(OC(F)(F)F)c2)n1. The van der Waals surface area contributed by atoms with Crippen LogP contribution in [0.4, 0.5) is 13.2 Å². The first-order chi connectivity index (χ1) is 10.9. The summed E-state index contributed by atoms with van der Waals surface area (Å²) in [6.45, 7) is 0.182. The van der Waals surface area contributed by atoms with Crippen LogP contribution in [-0.4, -0.2) is 20.7 Å². The van der Waals surface area contributed by atoms with Crippen LogP contribution in [-0.2, 0) is 6.54 Å². The van der Waals surface area contributed by atoms with Gasteiger partial charge in [-0.2, -0.15) is 0 Å². The van der Waals surface area contributed by atoms with Gasteiger partial charge in [0.2, 0.25) is 5.65 Å². The average molecular weight is 324 g/mol. The summed E-state index contributed by atoms with van der Waals surface area (Å²) in [5.74, 6) is -0.107. The lowest BCUT2D eigenvalue weighted by Gasteiger charge is -2.11. The molecular weight excluding hydrogens is 313 g/mol. The average Bonchev–Trinajstić information content (AvgIpc) is 2.94. The van der Waals surface area contributed by atoms with Gasteiger partial charge in [0.25, 0.3) is 5.88 Å². The molecule has 0 aliphatic heterocycles. The fourth-order valence-electron chi connectivity index (χ4n) is 1.97. The number of aromatic nitrogens is 3. The third-order valence-electron chi connectivity index (χ3n) is 2.86. The molecule has 2 heterocycles. The monoisotopic (exact) mass is 324 g/mol. The van der Waals surface area contributed by atoms with E-state index in [-0.39, 0.29) is 23.9 Å². The highest BCUT2D eigenvalue weighted by Gasteiger charge is 2.31. The molecule has 6 nitrogen and oxygen atoms in total. The van der Waals surface area contributed by atoms with Crippen molar-refractivity contribution in [1.29, 1.82) is 0 Å². The summed E-state index contributed by atoms with van der Waals surface area (Å²) in [6, 6.07) is 5.16. The number of imidazole rings is 1. The summed E-state index contributed by atoms with van der Waals surface area (Å²) in [7, 11) is 0. The van der Waals surface area contributed by atoms with Crippen LogP contribution in [0.25, 0.3) is 5.65 Å². The van der Waals surface area contributed by atoms with Crippen LogP contribution in [0.5, 0.6) is 17.4 Å². The molecule has 1 aromatic carbocycles. The molecule has 0 bridgehead atoms. The Morgan fingerprint density at radius 1 is 1.22 bits per heavy atom. The van der Waals surface area contributed by atoms with Gasteiger partial charge >= 0.3 is 6.36 Å². The van der Waals surface area contributed by atoms with Crippen LogP contribution in [0, 0.1) is 0 Å². The number of nitrogens with zero attached hydrogens (tertiary/aromatic N) is 3. The van der Waals surface area contributed by atoms with E-state index in [0.29, 0.717) is 11.3 Å². The first kappa shape index (κ1) is 15.1. The molecule has 0 radical (unpaired) electrons. The zero-order valence-electron chi connectivity index (χ0n) is 11.6. The molecule has 0 aliphatic rings. The van der Waals surface area contributed by atoms with Crippen LogP contribution < -0.4 is 15.2 Å². The predicted molar refractivity (Wildman–Crippen MR) is 74.1 cm³/mol. The standard InChI is InChI=1S/C14H11F3N4O2/c15-14(16,17)23-11-3-1-2-10(6-11)22-13-12-19-4-5-21(12)8-9(7-18)20-13/h1-6,8H,7,18H2. The number of benzene rings is 1. The number of alkyl halides is 3. The molecule has 0 atom stereocenters. The van der Waals surface area contributed by atoms with E-state index in [9.17, 15) is 13.2 Å². The van der Waals surface area contributed by atoms with Crippen molar-refractivity contribution in [3.8, 4) is 17.4 Å². The number of rotatable bonds is 4. The summed E-state index contributed by atoms with van der Waals surface area (Å²) in [6.07, 6.45) is 0.157. The van der Waals surface area contributed by atoms with Gasteiger partial charge in [0.15, 0.2) is 0 Å². The van der Waals surface area contributed by atoms with E-state index < -0.39 is 6.36 Å². The van der Waals surface area contributed by atoms with Crippen molar-refractivity contribution in [3.63, 3.8) is 0 Å². The van der Waals surface area contributed by atoms with Crippen LogP contribution in [0.2, 0.25) is 0 Å². The molecule has 0 amide bonds. The van der Waals surface area contributed by atoms with E-state index in [1.807, 2.05) is 0 Å². The van der Waals surface area contributed by atoms with Gasteiger partial charge in [0.05, 0.1) is 5.69 Å². The molecule has 2 aromatic heterocycles. The number of nitrogens with two attached hydrogens (primary N) is 1. The van der Waals surface area contributed by atoms with Crippen molar-refractivity contribution < 1.29 is 22.6 Å². The van der Waals surface area contributed by atoms with Crippen molar-refractivity contribution in [2.75, 3.05) is 0 Å². The fourth-order valence-corrected chi connectivity index (χ4v) is 1.97. The minimum Gasteiger partial charge on any atom is -0.436 e. The Morgan fingerprint density at radius 2 is 2.00 bits per heavy atom. The van der Waals surface area contributed by atoms with E-state index >= 15 is 0 Å². The summed E-state index contributed by atoms with van der Waals surface area (Å²) in [4.78, 5) is 8.29. The van der Waals surface area contributed by atoms with E-state index in [1.165, 1.54) is 18.2 Å². The highest BCUT2D eigenvalue weighted by atomic mass is 19.4. The molecule has 120 valence electrons. The molecule has 0 fully saturated rings. The van der Waals surface area contributed by atoms with Gasteiger partial charge in [-0.15, -0.1) is 13.2 Å². The molecular formula is C14H11F3N4O2. The van der Waals surface area contributed by atoms with Crippen molar-refractivity contribution in [3.05, 3.63) is 48.5 Å². The lowest BCUT2D eigenvalue weighted by atomic mass is 10.3. The maximum absolute atomic E-state index is 12.3. The first-order valence-electron chi connectivity index (χ1n) is 6.51. The molecule has 2 N–H and O–H groups in total. The Kier molecular flexibility index (Phi) is 3.78. The molecule has 0 unspecified atom stereocenters. The first-order valence-corrected chi connectivity index (χ1v) is 6.51. The quantitative estimate of drug-likeness (QED) is 0.799. The van der Waals surface area contributed by atoms with E-state index in [0.717, 1.165) is 6.07 Å². The maximum Gasteiger partial charge on any atom is 0.573 e. The lowest BCUT2D eigenvalue weighted by molar-refractivity contribution is -0.274. The third kappa shape index (κ3) is 3.51. The van der Waals surface area contributed by atoms with Crippen molar-refractivity contribution in [2.24, 2.45) is 5.73 Å². The van der Waals surface area contributed by atoms with Crippen LogP contribution >= 0.6 is 0 Å². The number of hydrogen-bond donors (Lipinski definition) is 1. The number of ether oxygens (including phenoxy) is 2. The van der Waals surface area contributed by atoms with Gasteiger partial charge in [0, 0.05) is 31.2 Å². The Morgan fingerprint density at radius 3 is 2.74 bits per heavy atom. The normalized spacial score (nSPS) is 11.7. The van der Waals surface area contributed by atoms with Gasteiger partial charge < -0.3 is 19.6 Å². The zero-order chi connectivity index (χ0) is 16.4. The molecule has 0 aliphatic carbocycles. The second-order valence-corrected chi connectivity index (χ2v) is 4.52. The molecule has 0 saturated carbocycles. The molecule has 3 rings (SSSR count). The maximum atomic E-state index is 12.3. The summed E-state index contributed by atoms with van der Waals surface area (Å²) in [5.41, 5.74) is 6.54. The van der Waals surface area contributed by atoms with Gasteiger partial charge in [-0.1, -0.05) is 6.07 Å². The highest BCUT2D eigenvalue weighted by molar-refractivity contribution is 5.51. The molecule has 9 heteroatoms. The molecule has 23 heavy (non-hydrogen) atoms. The van der Waals surface area contributed by atoms with Crippen molar-refractivity contribution >= 4 is 5.65 Å². The smallest absolute Gasteiger partial charge is 0.436 e. The summed E-state index contributed by atoms with van der Waals surface area (Å²) < 4.78 is 47.9. The minimum absolute atomic E-state index is 0.137. The van der Waals surface area contributed by atoms with E-state index in [2.05, 4.69) is 14.7 Å². The van der Waals surface area contributed by atoms with Crippen LogP contribution in [0.3, 0.4) is 0 Å². The van der Waals surface area contributed by atoms with Gasteiger partial charge in [-0.3, -0.25) is 0 Å². The Balaban J connectivity index is 1.93. The van der Waals surface area contributed by atoms with E-state index in [4.69, 9.17) is 10.5 Å². The predicted octanol–water partition coefficient (Wildman–Crippen LogP) is 2.88. The van der Waals surface area contributed by atoms with Gasteiger partial charge in [-0.25, -0.2) is 9.97 Å². The highest BCUT2D eigenvalue weighted by Crippen LogP contribution is 2.29. The number of fused-ring (bicyclic) bond motifs is 1. The topological polar surface area (TPSA) is 74.7 Å². The molecule has 3 aromatic rings. The van der Waals surface area contributed by atoms with Crippen LogP contribution in [0.15, 0.2) is 42.9 Å². The largest absolute Gasteiger partial charge is 0.573 e. The number of halogens is 3. The fraction of sp³-hybridized carbons (Fsp3) is 0.143.